The fraction of sp³-hybridized carbons (Fsp3) is 0.462. The highest BCUT2D eigenvalue weighted by molar-refractivity contribution is 5.92. The van der Waals surface area contributed by atoms with E-state index in [0.717, 1.165) is 30.9 Å². The van der Waals surface area contributed by atoms with Crippen LogP contribution < -0.4 is 15.8 Å². The Morgan fingerprint density at radius 1 is 1.44 bits per heavy atom. The highest BCUT2D eigenvalue weighted by atomic mass is 16.5. The molecule has 0 aromatic heterocycles. The van der Waals surface area contributed by atoms with E-state index in [1.807, 2.05) is 38.4 Å². The molecule has 0 unspecified atom stereocenters. The predicted octanol–water partition coefficient (Wildman–Crippen LogP) is 1.37. The van der Waals surface area contributed by atoms with Crippen LogP contribution in [0.5, 0.6) is 5.75 Å². The maximum absolute atomic E-state index is 5.80. The van der Waals surface area contributed by atoms with Crippen molar-refractivity contribution in [2.45, 2.75) is 6.42 Å². The molecule has 5 nitrogen and oxygen atoms in total. The lowest BCUT2D eigenvalue weighted by molar-refractivity contribution is 0.403. The van der Waals surface area contributed by atoms with Crippen molar-refractivity contribution in [2.75, 3.05) is 39.6 Å². The summed E-state index contributed by atoms with van der Waals surface area (Å²) >= 11 is 0. The minimum atomic E-state index is 0.432. The summed E-state index contributed by atoms with van der Waals surface area (Å²) in [5.74, 6) is 1.22. The van der Waals surface area contributed by atoms with Crippen molar-refractivity contribution < 1.29 is 4.74 Å². The zero-order chi connectivity index (χ0) is 13.4. The summed E-state index contributed by atoms with van der Waals surface area (Å²) in [6.45, 7) is 1.73. The summed E-state index contributed by atoms with van der Waals surface area (Å²) in [6, 6.07) is 7.59. The lowest BCUT2D eigenvalue weighted by atomic mass is 10.3. The van der Waals surface area contributed by atoms with Crippen LogP contribution in [0, 0.1) is 0 Å². The van der Waals surface area contributed by atoms with Gasteiger partial charge in [-0.1, -0.05) is 6.07 Å². The standard InChI is InChI=1S/C13H22N4O/c1-17(2)9-5-8-15-13(14)16-11-6-4-7-12(10-11)18-3/h4,6-7,10H,5,8-9H2,1-3H3,(H3,14,15,16). The van der Waals surface area contributed by atoms with E-state index < -0.39 is 0 Å². The Kier molecular flexibility index (Phi) is 6.00. The first kappa shape index (κ1) is 14.3. The van der Waals surface area contributed by atoms with Crippen LogP contribution in [0.25, 0.3) is 0 Å². The summed E-state index contributed by atoms with van der Waals surface area (Å²) in [5.41, 5.74) is 6.68. The van der Waals surface area contributed by atoms with Gasteiger partial charge >= 0.3 is 0 Å². The van der Waals surface area contributed by atoms with Gasteiger partial charge in [0.1, 0.15) is 5.75 Å². The minimum absolute atomic E-state index is 0.432. The molecule has 0 saturated heterocycles. The van der Waals surface area contributed by atoms with E-state index in [9.17, 15) is 0 Å². The monoisotopic (exact) mass is 250 g/mol. The van der Waals surface area contributed by atoms with E-state index in [2.05, 4.69) is 15.2 Å². The molecular formula is C13H22N4O. The maximum Gasteiger partial charge on any atom is 0.193 e. The number of methoxy groups -OCH3 is 1. The summed E-state index contributed by atoms with van der Waals surface area (Å²) < 4.78 is 5.14. The van der Waals surface area contributed by atoms with Crippen molar-refractivity contribution in [1.29, 1.82) is 0 Å². The first-order valence-corrected chi connectivity index (χ1v) is 5.97. The molecule has 0 atom stereocenters. The third kappa shape index (κ3) is 5.54. The Bertz CT molecular complexity index is 390. The van der Waals surface area contributed by atoms with E-state index in [1.165, 1.54) is 0 Å². The van der Waals surface area contributed by atoms with Gasteiger partial charge in [-0.05, 0) is 39.2 Å². The largest absolute Gasteiger partial charge is 0.497 e. The molecule has 0 fully saturated rings. The number of ether oxygens (including phenoxy) is 1. The molecule has 0 spiro atoms. The third-order valence-electron chi connectivity index (χ3n) is 2.39. The molecule has 0 heterocycles. The Balaban J connectivity index is 2.42. The number of nitrogens with two attached hydrogens (primary N) is 1. The van der Waals surface area contributed by atoms with Gasteiger partial charge in [-0.15, -0.1) is 0 Å². The van der Waals surface area contributed by atoms with Crippen LogP contribution in [0.4, 0.5) is 5.69 Å². The van der Waals surface area contributed by atoms with Gasteiger partial charge in [0.2, 0.25) is 0 Å². The summed E-state index contributed by atoms with van der Waals surface area (Å²) in [4.78, 5) is 6.39. The second kappa shape index (κ2) is 7.55. The smallest absolute Gasteiger partial charge is 0.193 e. The highest BCUT2D eigenvalue weighted by Gasteiger charge is 1.97. The van der Waals surface area contributed by atoms with Crippen LogP contribution in [0.2, 0.25) is 0 Å². The second-order valence-electron chi connectivity index (χ2n) is 4.28. The zero-order valence-corrected chi connectivity index (χ0v) is 11.3. The van der Waals surface area contributed by atoms with Gasteiger partial charge in [0.05, 0.1) is 7.11 Å². The number of nitrogens with zero attached hydrogens (tertiary/aromatic N) is 2. The van der Waals surface area contributed by atoms with Crippen LogP contribution in [0.15, 0.2) is 29.3 Å². The molecular weight excluding hydrogens is 228 g/mol. The molecule has 3 N–H and O–H groups in total. The zero-order valence-electron chi connectivity index (χ0n) is 11.3. The molecule has 0 aliphatic heterocycles. The van der Waals surface area contributed by atoms with Crippen molar-refractivity contribution in [3.8, 4) is 5.75 Å². The molecule has 0 aliphatic rings. The second-order valence-corrected chi connectivity index (χ2v) is 4.28. The Hall–Kier alpha value is -1.75. The number of nitrogens with one attached hydrogen (secondary N) is 1. The van der Waals surface area contributed by atoms with Crippen LogP contribution in [0.1, 0.15) is 6.42 Å². The number of guanidine groups is 1. The van der Waals surface area contributed by atoms with Gasteiger partial charge in [-0.25, -0.2) is 0 Å². The van der Waals surface area contributed by atoms with Gasteiger partial charge in [-0.2, -0.15) is 0 Å². The molecule has 0 amide bonds. The number of benzene rings is 1. The Morgan fingerprint density at radius 3 is 2.89 bits per heavy atom. The van der Waals surface area contributed by atoms with Crippen molar-refractivity contribution in [2.24, 2.45) is 10.7 Å². The van der Waals surface area contributed by atoms with E-state index in [0.29, 0.717) is 5.96 Å². The number of aliphatic imine (C=N–C) groups is 1. The van der Waals surface area contributed by atoms with Crippen molar-refractivity contribution in [3.05, 3.63) is 24.3 Å². The molecule has 1 aromatic rings. The first-order valence-electron chi connectivity index (χ1n) is 5.97. The fourth-order valence-corrected chi connectivity index (χ4v) is 1.47. The van der Waals surface area contributed by atoms with E-state index >= 15 is 0 Å². The normalized spacial score (nSPS) is 11.7. The highest BCUT2D eigenvalue weighted by Crippen LogP contribution is 2.16. The number of rotatable bonds is 6. The predicted molar refractivity (Wildman–Crippen MR) is 76.3 cm³/mol. The molecule has 18 heavy (non-hydrogen) atoms. The van der Waals surface area contributed by atoms with Crippen LogP contribution in [-0.2, 0) is 0 Å². The summed E-state index contributed by atoms with van der Waals surface area (Å²) in [7, 11) is 5.72. The quantitative estimate of drug-likeness (QED) is 0.455. The molecule has 0 bridgehead atoms. The number of hydrogen-bond donors (Lipinski definition) is 2. The SMILES string of the molecule is COc1cccc(NC(N)=NCCCN(C)C)c1. The molecule has 1 aromatic carbocycles. The number of anilines is 1. The molecule has 0 aliphatic carbocycles. The van der Waals surface area contributed by atoms with Crippen molar-refractivity contribution in [1.82, 2.24) is 4.90 Å². The van der Waals surface area contributed by atoms with Crippen LogP contribution >= 0.6 is 0 Å². The van der Waals surface area contributed by atoms with E-state index in [4.69, 9.17) is 10.5 Å². The number of hydrogen-bond acceptors (Lipinski definition) is 3. The molecule has 0 saturated carbocycles. The third-order valence-corrected chi connectivity index (χ3v) is 2.39. The van der Waals surface area contributed by atoms with Gasteiger partial charge in [0, 0.05) is 18.3 Å². The van der Waals surface area contributed by atoms with Gasteiger partial charge in [0.25, 0.3) is 0 Å². The summed E-state index contributed by atoms with van der Waals surface area (Å²) in [5, 5.41) is 3.04. The average Bonchev–Trinajstić information content (AvgIpc) is 2.34. The lowest BCUT2D eigenvalue weighted by Gasteiger charge is -2.09. The topological polar surface area (TPSA) is 62.9 Å². The van der Waals surface area contributed by atoms with Gasteiger partial charge in [0.15, 0.2) is 5.96 Å². The van der Waals surface area contributed by atoms with E-state index in [1.54, 1.807) is 7.11 Å². The van der Waals surface area contributed by atoms with E-state index in [-0.39, 0.29) is 0 Å². The van der Waals surface area contributed by atoms with Crippen molar-refractivity contribution in [3.63, 3.8) is 0 Å². The molecule has 0 radical (unpaired) electrons. The first-order chi connectivity index (χ1) is 8.61. The van der Waals surface area contributed by atoms with Crippen LogP contribution in [-0.4, -0.2) is 45.2 Å². The molecule has 5 heteroatoms. The lowest BCUT2D eigenvalue weighted by Crippen LogP contribution is -2.23. The summed E-state index contributed by atoms with van der Waals surface area (Å²) in [6.07, 6.45) is 0.994. The van der Waals surface area contributed by atoms with Gasteiger partial charge < -0.3 is 20.7 Å². The minimum Gasteiger partial charge on any atom is -0.497 e. The Morgan fingerprint density at radius 2 is 2.22 bits per heavy atom. The van der Waals surface area contributed by atoms with Crippen molar-refractivity contribution >= 4 is 11.6 Å². The van der Waals surface area contributed by atoms with Gasteiger partial charge in [-0.3, -0.25) is 4.99 Å². The van der Waals surface area contributed by atoms with Crippen LogP contribution in [0.3, 0.4) is 0 Å². The maximum atomic E-state index is 5.80. The molecule has 1 rings (SSSR count). The fourth-order valence-electron chi connectivity index (χ4n) is 1.47. The molecule has 100 valence electrons. The average molecular weight is 250 g/mol. The Labute approximate surface area is 109 Å².